The summed E-state index contributed by atoms with van der Waals surface area (Å²) in [7, 11) is 0. The molecule has 1 fully saturated rings. The number of nitrogens with zero attached hydrogens (tertiary/aromatic N) is 1. The number of aryl methyl sites for hydroxylation is 1. The van der Waals surface area contributed by atoms with E-state index in [1.807, 2.05) is 65.8 Å². The third-order valence-corrected chi connectivity index (χ3v) is 6.29. The number of nitrogens with one attached hydrogen (secondary N) is 2. The Hall–Kier alpha value is -2.57. The molecule has 0 bridgehead atoms. The Morgan fingerprint density at radius 2 is 1.63 bits per heavy atom. The van der Waals surface area contributed by atoms with Crippen LogP contribution in [-0.2, 0) is 14.3 Å². The van der Waals surface area contributed by atoms with Gasteiger partial charge in [-0.15, -0.1) is 0 Å². The van der Waals surface area contributed by atoms with Gasteiger partial charge in [0, 0.05) is 11.6 Å². The smallest absolute Gasteiger partial charge is 0.408 e. The lowest BCUT2D eigenvalue weighted by atomic mass is 9.86. The molecule has 2 N–H and O–H groups in total. The molecule has 3 unspecified atom stereocenters. The summed E-state index contributed by atoms with van der Waals surface area (Å²) in [5.74, 6) is -0.603. The number of ether oxygens (including phenoxy) is 1. The van der Waals surface area contributed by atoms with Gasteiger partial charge in [-0.05, 0) is 79.2 Å². The molecule has 7 heteroatoms. The molecule has 0 saturated heterocycles. The topological polar surface area (TPSA) is 87.7 Å². The highest BCUT2D eigenvalue weighted by Crippen LogP contribution is 2.35. The molecule has 1 aliphatic carbocycles. The zero-order valence-corrected chi connectivity index (χ0v) is 23.0. The van der Waals surface area contributed by atoms with Crippen LogP contribution in [0.5, 0.6) is 0 Å². The highest BCUT2D eigenvalue weighted by Gasteiger charge is 2.43. The molecular weight excluding hydrogens is 442 g/mol. The Kier molecular flexibility index (Phi) is 9.37. The van der Waals surface area contributed by atoms with Crippen LogP contribution in [0.3, 0.4) is 0 Å². The third kappa shape index (κ3) is 8.25. The fourth-order valence-electron chi connectivity index (χ4n) is 4.09. The van der Waals surface area contributed by atoms with Crippen LogP contribution >= 0.6 is 0 Å². The Morgan fingerprint density at radius 3 is 2.06 bits per heavy atom. The van der Waals surface area contributed by atoms with Gasteiger partial charge in [-0.25, -0.2) is 4.79 Å². The summed E-state index contributed by atoms with van der Waals surface area (Å²) in [6, 6.07) is 6.10. The van der Waals surface area contributed by atoms with Crippen LogP contribution < -0.4 is 10.6 Å². The molecule has 0 aromatic heterocycles. The monoisotopic (exact) mass is 487 g/mol. The van der Waals surface area contributed by atoms with E-state index in [2.05, 4.69) is 10.6 Å². The normalized spacial score (nSPS) is 16.9. The van der Waals surface area contributed by atoms with Gasteiger partial charge in [0.15, 0.2) is 0 Å². The number of rotatable bonds is 8. The summed E-state index contributed by atoms with van der Waals surface area (Å²) in [5, 5.41) is 5.91. The van der Waals surface area contributed by atoms with Gasteiger partial charge in [-0.2, -0.15) is 0 Å². The zero-order chi connectivity index (χ0) is 26.6. The van der Waals surface area contributed by atoms with Crippen molar-refractivity contribution in [3.05, 3.63) is 35.4 Å². The standard InChI is InChI=1S/C28H45N3O4/c1-10-19(3)22(29-26(34)35-28(7,8)9)25(33)31(21-12-11-13-21)23(24(32)30-27(4,5)6)20-16-14-18(2)15-17-20/h14-17,19,21-23H,10-13H2,1-9H3,(H,29,34)(H,30,32). The first-order valence-electron chi connectivity index (χ1n) is 12.8. The first-order chi connectivity index (χ1) is 16.1. The SMILES string of the molecule is CCC(C)C(NC(=O)OC(C)(C)C)C(=O)N(C1CCC1)C(C(=O)NC(C)(C)C)c1ccc(C)cc1. The molecule has 196 valence electrons. The van der Waals surface area contributed by atoms with Gasteiger partial charge in [0.2, 0.25) is 11.8 Å². The van der Waals surface area contributed by atoms with Crippen LogP contribution in [-0.4, -0.2) is 46.0 Å². The maximum Gasteiger partial charge on any atom is 0.408 e. The van der Waals surface area contributed by atoms with Gasteiger partial charge in [0.25, 0.3) is 0 Å². The maximum absolute atomic E-state index is 14.2. The fraction of sp³-hybridized carbons (Fsp3) is 0.679. The van der Waals surface area contributed by atoms with Crippen molar-refractivity contribution in [2.75, 3.05) is 0 Å². The highest BCUT2D eigenvalue weighted by atomic mass is 16.6. The number of alkyl carbamates (subject to hydrolysis) is 1. The van der Waals surface area contributed by atoms with Gasteiger partial charge in [0.1, 0.15) is 17.7 Å². The Labute approximate surface area is 211 Å². The lowest BCUT2D eigenvalue weighted by molar-refractivity contribution is -0.149. The van der Waals surface area contributed by atoms with E-state index in [0.717, 1.165) is 30.4 Å². The second-order valence-corrected chi connectivity index (χ2v) is 11.9. The summed E-state index contributed by atoms with van der Waals surface area (Å²) in [6.45, 7) is 17.1. The molecule has 1 aromatic carbocycles. The minimum Gasteiger partial charge on any atom is -0.444 e. The van der Waals surface area contributed by atoms with E-state index >= 15 is 0 Å². The number of hydrogen-bond acceptors (Lipinski definition) is 4. The van der Waals surface area contributed by atoms with Gasteiger partial charge in [-0.3, -0.25) is 9.59 Å². The van der Waals surface area contributed by atoms with E-state index in [0.29, 0.717) is 6.42 Å². The average Bonchev–Trinajstić information content (AvgIpc) is 2.67. The minimum atomic E-state index is -0.800. The summed E-state index contributed by atoms with van der Waals surface area (Å²) in [4.78, 5) is 42.3. The van der Waals surface area contributed by atoms with Crippen LogP contribution in [0.15, 0.2) is 24.3 Å². The van der Waals surface area contributed by atoms with Crippen molar-refractivity contribution in [2.24, 2.45) is 5.92 Å². The molecule has 7 nitrogen and oxygen atoms in total. The van der Waals surface area contributed by atoms with Crippen molar-refractivity contribution in [1.82, 2.24) is 15.5 Å². The van der Waals surface area contributed by atoms with Crippen LogP contribution in [0, 0.1) is 12.8 Å². The van der Waals surface area contributed by atoms with Crippen LogP contribution in [0.25, 0.3) is 0 Å². The molecule has 3 atom stereocenters. The van der Waals surface area contributed by atoms with E-state index in [1.54, 1.807) is 25.7 Å². The van der Waals surface area contributed by atoms with Gasteiger partial charge < -0.3 is 20.3 Å². The molecule has 0 aliphatic heterocycles. The van der Waals surface area contributed by atoms with E-state index in [9.17, 15) is 14.4 Å². The van der Waals surface area contributed by atoms with Crippen molar-refractivity contribution in [1.29, 1.82) is 0 Å². The van der Waals surface area contributed by atoms with Gasteiger partial charge >= 0.3 is 6.09 Å². The van der Waals surface area contributed by atoms with Crippen LogP contribution in [0.2, 0.25) is 0 Å². The van der Waals surface area contributed by atoms with Crippen molar-refractivity contribution in [3.63, 3.8) is 0 Å². The predicted molar refractivity (Wildman–Crippen MR) is 139 cm³/mol. The summed E-state index contributed by atoms with van der Waals surface area (Å²) >= 11 is 0. The molecular formula is C28H45N3O4. The highest BCUT2D eigenvalue weighted by molar-refractivity contribution is 5.92. The number of amides is 3. The van der Waals surface area contributed by atoms with E-state index in [-0.39, 0.29) is 23.8 Å². The number of carbonyl (C=O) groups excluding carboxylic acids is 3. The zero-order valence-electron chi connectivity index (χ0n) is 23.0. The maximum atomic E-state index is 14.2. The predicted octanol–water partition coefficient (Wildman–Crippen LogP) is 5.27. The largest absolute Gasteiger partial charge is 0.444 e. The molecule has 0 spiro atoms. The Bertz CT molecular complexity index is 879. The molecule has 3 amide bonds. The lowest BCUT2D eigenvalue weighted by Gasteiger charge is -2.45. The van der Waals surface area contributed by atoms with Crippen molar-refractivity contribution in [2.45, 2.75) is 117 Å². The Balaban J connectivity index is 2.51. The molecule has 0 heterocycles. The second kappa shape index (κ2) is 11.4. The minimum absolute atomic E-state index is 0.0634. The quantitative estimate of drug-likeness (QED) is 0.523. The second-order valence-electron chi connectivity index (χ2n) is 11.9. The van der Waals surface area contributed by atoms with Gasteiger partial charge in [-0.1, -0.05) is 50.1 Å². The summed E-state index contributed by atoms with van der Waals surface area (Å²) in [6.07, 6.45) is 2.72. The molecule has 1 aromatic rings. The fourth-order valence-corrected chi connectivity index (χ4v) is 4.09. The average molecular weight is 488 g/mol. The van der Waals surface area contributed by atoms with Crippen molar-refractivity contribution < 1.29 is 19.1 Å². The lowest BCUT2D eigenvalue weighted by Crippen LogP contribution is -2.59. The van der Waals surface area contributed by atoms with Crippen LogP contribution in [0.1, 0.15) is 98.2 Å². The van der Waals surface area contributed by atoms with Crippen LogP contribution in [0.4, 0.5) is 4.79 Å². The van der Waals surface area contributed by atoms with Crippen molar-refractivity contribution >= 4 is 17.9 Å². The first kappa shape index (κ1) is 28.7. The third-order valence-electron chi connectivity index (χ3n) is 6.29. The summed E-state index contributed by atoms with van der Waals surface area (Å²) in [5.41, 5.74) is 0.698. The van der Waals surface area contributed by atoms with E-state index in [1.165, 1.54) is 0 Å². The number of hydrogen-bond donors (Lipinski definition) is 2. The molecule has 1 aliphatic rings. The Morgan fingerprint density at radius 1 is 1.06 bits per heavy atom. The van der Waals surface area contributed by atoms with Crippen molar-refractivity contribution in [3.8, 4) is 0 Å². The number of benzene rings is 1. The first-order valence-corrected chi connectivity index (χ1v) is 12.8. The number of carbonyl (C=O) groups is 3. The molecule has 0 radical (unpaired) electrons. The molecule has 35 heavy (non-hydrogen) atoms. The molecule has 2 rings (SSSR count). The van der Waals surface area contributed by atoms with E-state index < -0.39 is 29.3 Å². The molecule has 1 saturated carbocycles. The van der Waals surface area contributed by atoms with E-state index in [4.69, 9.17) is 4.74 Å². The summed E-state index contributed by atoms with van der Waals surface area (Å²) < 4.78 is 5.47. The van der Waals surface area contributed by atoms with Gasteiger partial charge in [0.05, 0.1) is 0 Å².